The Morgan fingerprint density at radius 2 is 2.04 bits per heavy atom. The Kier molecular flexibility index (Phi) is 5.59. The molecule has 7 nitrogen and oxygen atoms in total. The number of thiazole rings is 1. The molecule has 0 unspecified atom stereocenters. The minimum Gasteiger partial charge on any atom is -0.462 e. The number of benzene rings is 1. The van der Waals surface area contributed by atoms with Crippen molar-refractivity contribution in [3.05, 3.63) is 35.0 Å². The van der Waals surface area contributed by atoms with Gasteiger partial charge in [0.15, 0.2) is 0 Å². The van der Waals surface area contributed by atoms with E-state index in [0.717, 1.165) is 43.0 Å². The van der Waals surface area contributed by atoms with Crippen LogP contribution in [0, 0.1) is 0 Å². The van der Waals surface area contributed by atoms with Crippen LogP contribution in [0.4, 0.5) is 5.69 Å². The number of ether oxygens (including phenoxy) is 1. The molecule has 0 saturated carbocycles. The molecule has 26 heavy (non-hydrogen) atoms. The number of aromatic nitrogens is 1. The van der Waals surface area contributed by atoms with Crippen molar-refractivity contribution in [3.63, 3.8) is 0 Å². The van der Waals surface area contributed by atoms with Crippen molar-refractivity contribution in [3.8, 4) is 0 Å². The largest absolute Gasteiger partial charge is 0.462 e. The van der Waals surface area contributed by atoms with Crippen LogP contribution in [0.3, 0.4) is 0 Å². The normalized spacial score (nSPS) is 14.6. The Morgan fingerprint density at radius 3 is 2.65 bits per heavy atom. The van der Waals surface area contributed by atoms with E-state index in [-0.39, 0.29) is 27.8 Å². The molecule has 1 aromatic carbocycles. The molecule has 0 atom stereocenters. The molecule has 0 bridgehead atoms. The SMILES string of the molecule is CCOC(=O)c1cc(N2CCCC2)cc(S(=O)(=O)c2cnc(CN)s2)c1. The molecule has 0 spiro atoms. The van der Waals surface area contributed by atoms with Gasteiger partial charge in [0.2, 0.25) is 9.84 Å². The lowest BCUT2D eigenvalue weighted by Gasteiger charge is -2.19. The van der Waals surface area contributed by atoms with Crippen molar-refractivity contribution in [1.29, 1.82) is 0 Å². The second-order valence-electron chi connectivity index (χ2n) is 5.91. The molecule has 1 aliphatic rings. The highest BCUT2D eigenvalue weighted by Gasteiger charge is 2.25. The number of carbonyl (C=O) groups is 1. The van der Waals surface area contributed by atoms with Crippen LogP contribution in [-0.4, -0.2) is 39.1 Å². The molecule has 1 aromatic heterocycles. The summed E-state index contributed by atoms with van der Waals surface area (Å²) in [5.74, 6) is -0.531. The molecule has 140 valence electrons. The van der Waals surface area contributed by atoms with Gasteiger partial charge in [-0.1, -0.05) is 0 Å². The highest BCUT2D eigenvalue weighted by atomic mass is 32.2. The van der Waals surface area contributed by atoms with Gasteiger partial charge in [-0.3, -0.25) is 0 Å². The molecule has 9 heteroatoms. The maximum atomic E-state index is 13.0. The average molecular weight is 396 g/mol. The second-order valence-corrected chi connectivity index (χ2v) is 9.20. The van der Waals surface area contributed by atoms with E-state index in [1.807, 2.05) is 0 Å². The molecule has 2 aromatic rings. The number of anilines is 1. The smallest absolute Gasteiger partial charge is 0.338 e. The van der Waals surface area contributed by atoms with Gasteiger partial charge < -0.3 is 15.4 Å². The fraction of sp³-hybridized carbons (Fsp3) is 0.412. The number of hydrogen-bond donors (Lipinski definition) is 1. The van der Waals surface area contributed by atoms with E-state index < -0.39 is 15.8 Å². The van der Waals surface area contributed by atoms with E-state index in [4.69, 9.17) is 10.5 Å². The molecule has 2 N–H and O–H groups in total. The number of sulfone groups is 1. The van der Waals surface area contributed by atoms with Crippen LogP contribution in [0.1, 0.15) is 35.1 Å². The van der Waals surface area contributed by atoms with Crippen molar-refractivity contribution in [2.45, 2.75) is 35.4 Å². The molecule has 3 rings (SSSR count). The lowest BCUT2D eigenvalue weighted by Crippen LogP contribution is -2.19. The maximum absolute atomic E-state index is 13.0. The van der Waals surface area contributed by atoms with E-state index in [1.54, 1.807) is 19.1 Å². The van der Waals surface area contributed by atoms with E-state index in [9.17, 15) is 13.2 Å². The number of nitrogens with two attached hydrogens (primary N) is 1. The summed E-state index contributed by atoms with van der Waals surface area (Å²) >= 11 is 1.04. The molecule has 1 fully saturated rings. The third-order valence-corrected chi connectivity index (χ3v) is 7.37. The first kappa shape index (κ1) is 18.8. The zero-order valence-corrected chi connectivity index (χ0v) is 16.1. The van der Waals surface area contributed by atoms with E-state index in [2.05, 4.69) is 9.88 Å². The number of nitrogens with zero attached hydrogens (tertiary/aromatic N) is 2. The highest BCUT2D eigenvalue weighted by molar-refractivity contribution is 7.93. The summed E-state index contributed by atoms with van der Waals surface area (Å²) < 4.78 is 31.2. The van der Waals surface area contributed by atoms with Crippen LogP contribution >= 0.6 is 11.3 Å². The number of carbonyl (C=O) groups excluding carboxylic acids is 1. The van der Waals surface area contributed by atoms with Gasteiger partial charge in [-0.2, -0.15) is 0 Å². The van der Waals surface area contributed by atoms with Gasteiger partial charge in [0.1, 0.15) is 9.22 Å². The number of esters is 1. The van der Waals surface area contributed by atoms with Crippen molar-refractivity contribution in [2.75, 3.05) is 24.6 Å². The van der Waals surface area contributed by atoms with Gasteiger partial charge in [0.25, 0.3) is 0 Å². The average Bonchev–Trinajstić information content (AvgIpc) is 3.33. The highest BCUT2D eigenvalue weighted by Crippen LogP contribution is 2.31. The minimum atomic E-state index is -3.79. The number of hydrogen-bond acceptors (Lipinski definition) is 8. The Hall–Kier alpha value is -1.97. The summed E-state index contributed by atoms with van der Waals surface area (Å²) in [5.41, 5.74) is 6.49. The standard InChI is InChI=1S/C17H21N3O4S2/c1-2-24-17(21)12-7-13(20-5-3-4-6-20)9-14(8-12)26(22,23)16-11-19-15(10-18)25-16/h7-9,11H,2-6,10,18H2,1H3. The van der Waals surface area contributed by atoms with E-state index in [0.29, 0.717) is 5.01 Å². The zero-order chi connectivity index (χ0) is 18.7. The molecule has 0 radical (unpaired) electrons. The third-order valence-electron chi connectivity index (χ3n) is 4.16. The monoisotopic (exact) mass is 395 g/mol. The van der Waals surface area contributed by atoms with Crippen LogP contribution < -0.4 is 10.6 Å². The summed E-state index contributed by atoms with van der Waals surface area (Å²) in [4.78, 5) is 18.4. The third kappa shape index (κ3) is 3.74. The van der Waals surface area contributed by atoms with Gasteiger partial charge in [-0.25, -0.2) is 18.2 Å². The Bertz CT molecular complexity index is 902. The first-order chi connectivity index (χ1) is 12.5. The summed E-state index contributed by atoms with van der Waals surface area (Å²) in [6, 6.07) is 4.68. The zero-order valence-electron chi connectivity index (χ0n) is 14.5. The maximum Gasteiger partial charge on any atom is 0.338 e. The predicted molar refractivity (Wildman–Crippen MR) is 99.3 cm³/mol. The number of rotatable bonds is 6. The van der Waals surface area contributed by atoms with E-state index >= 15 is 0 Å². The van der Waals surface area contributed by atoms with Crippen LogP contribution in [0.15, 0.2) is 33.5 Å². The van der Waals surface area contributed by atoms with Crippen LogP contribution in [0.25, 0.3) is 0 Å². The van der Waals surface area contributed by atoms with Crippen molar-refractivity contribution in [2.24, 2.45) is 5.73 Å². The molecule has 0 aliphatic carbocycles. The molecule has 1 saturated heterocycles. The summed E-state index contributed by atoms with van der Waals surface area (Å²) in [7, 11) is -3.79. The van der Waals surface area contributed by atoms with Gasteiger partial charge in [-0.15, -0.1) is 11.3 Å². The van der Waals surface area contributed by atoms with Crippen LogP contribution in [0.2, 0.25) is 0 Å². The van der Waals surface area contributed by atoms with Crippen molar-refractivity contribution in [1.82, 2.24) is 4.98 Å². The van der Waals surface area contributed by atoms with Gasteiger partial charge >= 0.3 is 5.97 Å². The summed E-state index contributed by atoms with van der Waals surface area (Å²) in [5, 5.41) is 0.546. The molecular formula is C17H21N3O4S2. The second kappa shape index (κ2) is 7.73. The molecule has 2 heterocycles. The molecule has 1 aliphatic heterocycles. The van der Waals surface area contributed by atoms with Crippen molar-refractivity contribution < 1.29 is 17.9 Å². The predicted octanol–water partition coefficient (Wildman–Crippen LogP) is 2.21. The quantitative estimate of drug-likeness (QED) is 0.748. The van der Waals surface area contributed by atoms with Crippen LogP contribution in [-0.2, 0) is 21.1 Å². The first-order valence-electron chi connectivity index (χ1n) is 8.42. The lowest BCUT2D eigenvalue weighted by molar-refractivity contribution is 0.0526. The fourth-order valence-electron chi connectivity index (χ4n) is 2.86. The first-order valence-corrected chi connectivity index (χ1v) is 10.7. The lowest BCUT2D eigenvalue weighted by atomic mass is 10.2. The van der Waals surface area contributed by atoms with Crippen molar-refractivity contribution >= 4 is 32.8 Å². The van der Waals surface area contributed by atoms with Gasteiger partial charge in [0.05, 0.1) is 23.3 Å². The van der Waals surface area contributed by atoms with Gasteiger partial charge in [-0.05, 0) is 38.0 Å². The topological polar surface area (TPSA) is 103 Å². The Morgan fingerprint density at radius 1 is 1.31 bits per heavy atom. The Balaban J connectivity index is 2.08. The fourth-order valence-corrected chi connectivity index (χ4v) is 5.38. The van der Waals surface area contributed by atoms with E-state index in [1.165, 1.54) is 12.3 Å². The Labute approximate surface area is 156 Å². The molecule has 0 amide bonds. The molecular weight excluding hydrogens is 374 g/mol. The minimum absolute atomic E-state index is 0.0668. The summed E-state index contributed by atoms with van der Waals surface area (Å²) in [6.07, 6.45) is 3.40. The van der Waals surface area contributed by atoms with Crippen LogP contribution in [0.5, 0.6) is 0 Å². The van der Waals surface area contributed by atoms with Gasteiger partial charge in [0, 0.05) is 25.3 Å². The summed E-state index contributed by atoms with van der Waals surface area (Å²) in [6.45, 7) is 3.80.